The molecular formula is C24H22ClFN2OS. The highest BCUT2D eigenvalue weighted by Gasteiger charge is 2.22. The van der Waals surface area contributed by atoms with Gasteiger partial charge in [-0.05, 0) is 42.5 Å². The highest BCUT2D eigenvalue weighted by molar-refractivity contribution is 7.80. The minimum Gasteiger partial charge on any atom is -0.488 e. The Bertz CT molecular complexity index is 1020. The molecule has 0 saturated carbocycles. The Hall–Kier alpha value is -2.63. The maximum absolute atomic E-state index is 13.2. The zero-order valence-corrected chi connectivity index (χ0v) is 18.0. The number of nitrogens with zero attached hydrogens (tertiary/aromatic N) is 2. The van der Waals surface area contributed by atoms with E-state index in [1.807, 2.05) is 60.7 Å². The Morgan fingerprint density at radius 1 is 0.900 bits per heavy atom. The molecule has 0 amide bonds. The van der Waals surface area contributed by atoms with Crippen molar-refractivity contribution in [3.8, 4) is 5.75 Å². The van der Waals surface area contributed by atoms with E-state index >= 15 is 0 Å². The summed E-state index contributed by atoms with van der Waals surface area (Å²) in [4.78, 5) is 5.23. The molecule has 3 aromatic rings. The SMILES string of the molecule is Fc1ccc(N2CCN(C(=S)c3ccccc3OCc3ccccc3Cl)CC2)cc1. The van der Waals surface area contributed by atoms with Crippen molar-refractivity contribution in [1.82, 2.24) is 4.90 Å². The fourth-order valence-electron chi connectivity index (χ4n) is 3.53. The Kier molecular flexibility index (Phi) is 6.50. The number of benzene rings is 3. The molecule has 154 valence electrons. The minimum absolute atomic E-state index is 0.216. The van der Waals surface area contributed by atoms with Crippen molar-refractivity contribution in [1.29, 1.82) is 0 Å². The Morgan fingerprint density at radius 3 is 2.30 bits per heavy atom. The van der Waals surface area contributed by atoms with E-state index in [4.69, 9.17) is 28.6 Å². The molecule has 0 radical (unpaired) electrons. The molecule has 6 heteroatoms. The number of rotatable bonds is 5. The summed E-state index contributed by atoms with van der Waals surface area (Å²) in [5, 5.41) is 0.689. The van der Waals surface area contributed by atoms with Gasteiger partial charge in [0, 0.05) is 42.5 Å². The van der Waals surface area contributed by atoms with Crippen molar-refractivity contribution in [2.75, 3.05) is 31.1 Å². The van der Waals surface area contributed by atoms with E-state index in [-0.39, 0.29) is 5.82 Å². The van der Waals surface area contributed by atoms with Crippen molar-refractivity contribution in [3.05, 3.63) is 94.8 Å². The Labute approximate surface area is 186 Å². The third-order valence-electron chi connectivity index (χ3n) is 5.22. The average Bonchev–Trinajstić information content (AvgIpc) is 2.79. The van der Waals surface area contributed by atoms with Gasteiger partial charge in [-0.15, -0.1) is 0 Å². The highest BCUT2D eigenvalue weighted by atomic mass is 35.5. The standard InChI is InChI=1S/C24H22ClFN2OS/c25-22-7-3-1-5-18(22)17-29-23-8-4-2-6-21(23)24(30)28-15-13-27(14-16-28)20-11-9-19(26)10-12-20/h1-12H,13-17H2. The van der Waals surface area contributed by atoms with E-state index in [9.17, 15) is 4.39 Å². The summed E-state index contributed by atoms with van der Waals surface area (Å²) in [7, 11) is 0. The maximum Gasteiger partial charge on any atom is 0.130 e. The average molecular weight is 441 g/mol. The normalized spacial score (nSPS) is 13.9. The van der Waals surface area contributed by atoms with Crippen LogP contribution in [0.2, 0.25) is 5.02 Å². The predicted octanol–water partition coefficient (Wildman–Crippen LogP) is 5.56. The van der Waals surface area contributed by atoms with E-state index in [1.54, 1.807) is 0 Å². The molecule has 4 rings (SSSR count). The number of piperazine rings is 1. The van der Waals surface area contributed by atoms with Crippen molar-refractivity contribution in [2.45, 2.75) is 6.61 Å². The van der Waals surface area contributed by atoms with Gasteiger partial charge in [-0.3, -0.25) is 0 Å². The van der Waals surface area contributed by atoms with E-state index < -0.39 is 0 Å². The van der Waals surface area contributed by atoms with E-state index in [1.165, 1.54) is 12.1 Å². The van der Waals surface area contributed by atoms with Gasteiger partial charge in [0.2, 0.25) is 0 Å². The molecule has 1 aliphatic rings. The number of thiocarbonyl (C=S) groups is 1. The lowest BCUT2D eigenvalue weighted by atomic mass is 10.1. The molecule has 0 spiro atoms. The molecule has 0 unspecified atom stereocenters. The second-order valence-electron chi connectivity index (χ2n) is 7.13. The van der Waals surface area contributed by atoms with Gasteiger partial charge in [0.15, 0.2) is 0 Å². The third kappa shape index (κ3) is 4.74. The molecule has 1 fully saturated rings. The summed E-state index contributed by atoms with van der Waals surface area (Å²) < 4.78 is 19.3. The number of para-hydroxylation sites is 1. The fraction of sp³-hybridized carbons (Fsp3) is 0.208. The van der Waals surface area contributed by atoms with Gasteiger partial charge in [0.1, 0.15) is 23.2 Å². The number of anilines is 1. The smallest absolute Gasteiger partial charge is 0.130 e. The summed E-state index contributed by atoms with van der Waals surface area (Å²) in [6.45, 7) is 3.64. The van der Waals surface area contributed by atoms with Crippen molar-refractivity contribution in [3.63, 3.8) is 0 Å². The van der Waals surface area contributed by atoms with Crippen LogP contribution in [0.3, 0.4) is 0 Å². The molecular weight excluding hydrogens is 419 g/mol. The zero-order valence-electron chi connectivity index (χ0n) is 16.4. The third-order valence-corrected chi connectivity index (χ3v) is 6.06. The van der Waals surface area contributed by atoms with E-state index in [0.717, 1.165) is 53.7 Å². The van der Waals surface area contributed by atoms with E-state index in [0.29, 0.717) is 11.6 Å². The van der Waals surface area contributed by atoms with Gasteiger partial charge in [-0.1, -0.05) is 54.2 Å². The number of halogens is 2. The summed E-state index contributed by atoms with van der Waals surface area (Å²) >= 11 is 12.1. The van der Waals surface area contributed by atoms with Crippen LogP contribution >= 0.6 is 23.8 Å². The maximum atomic E-state index is 13.2. The second-order valence-corrected chi connectivity index (χ2v) is 7.93. The lowest BCUT2D eigenvalue weighted by molar-refractivity contribution is 0.304. The zero-order chi connectivity index (χ0) is 20.9. The van der Waals surface area contributed by atoms with Gasteiger partial charge in [-0.2, -0.15) is 0 Å². The van der Waals surface area contributed by atoms with Crippen LogP contribution in [0.5, 0.6) is 5.75 Å². The van der Waals surface area contributed by atoms with Crippen molar-refractivity contribution < 1.29 is 9.13 Å². The first-order valence-corrected chi connectivity index (χ1v) is 10.7. The summed E-state index contributed by atoms with van der Waals surface area (Å²) in [5.41, 5.74) is 2.88. The first kappa shape index (κ1) is 20.6. The molecule has 1 heterocycles. The molecule has 0 atom stereocenters. The number of hydrogen-bond donors (Lipinski definition) is 0. The van der Waals surface area contributed by atoms with Crippen LogP contribution in [0.15, 0.2) is 72.8 Å². The van der Waals surface area contributed by atoms with Crippen molar-refractivity contribution >= 4 is 34.5 Å². The number of hydrogen-bond acceptors (Lipinski definition) is 3. The van der Waals surface area contributed by atoms with Gasteiger partial charge in [0.25, 0.3) is 0 Å². The molecule has 30 heavy (non-hydrogen) atoms. The molecule has 3 aromatic carbocycles. The monoisotopic (exact) mass is 440 g/mol. The lowest BCUT2D eigenvalue weighted by Gasteiger charge is -2.37. The molecule has 0 N–H and O–H groups in total. The van der Waals surface area contributed by atoms with Crippen LogP contribution in [0.1, 0.15) is 11.1 Å². The minimum atomic E-state index is -0.216. The largest absolute Gasteiger partial charge is 0.488 e. The topological polar surface area (TPSA) is 15.7 Å². The Balaban J connectivity index is 1.41. The Morgan fingerprint density at radius 2 is 1.57 bits per heavy atom. The molecule has 0 aliphatic carbocycles. The van der Waals surface area contributed by atoms with Gasteiger partial charge in [0.05, 0.1) is 5.56 Å². The molecule has 1 saturated heterocycles. The quantitative estimate of drug-likeness (QED) is 0.483. The van der Waals surface area contributed by atoms with Crippen LogP contribution in [0, 0.1) is 5.82 Å². The fourth-order valence-corrected chi connectivity index (χ4v) is 4.07. The van der Waals surface area contributed by atoms with Gasteiger partial charge < -0.3 is 14.5 Å². The van der Waals surface area contributed by atoms with Gasteiger partial charge in [-0.25, -0.2) is 4.39 Å². The number of ether oxygens (including phenoxy) is 1. The predicted molar refractivity (Wildman–Crippen MR) is 124 cm³/mol. The highest BCUT2D eigenvalue weighted by Crippen LogP contribution is 2.25. The molecule has 3 nitrogen and oxygen atoms in total. The van der Waals surface area contributed by atoms with E-state index in [2.05, 4.69) is 9.80 Å². The molecule has 1 aliphatic heterocycles. The summed E-state index contributed by atoms with van der Waals surface area (Å²) in [6.07, 6.45) is 0. The second kappa shape index (κ2) is 9.45. The van der Waals surface area contributed by atoms with Crippen LogP contribution in [0.25, 0.3) is 0 Å². The van der Waals surface area contributed by atoms with Gasteiger partial charge >= 0.3 is 0 Å². The van der Waals surface area contributed by atoms with Crippen LogP contribution < -0.4 is 9.64 Å². The van der Waals surface area contributed by atoms with Crippen LogP contribution in [0.4, 0.5) is 10.1 Å². The summed E-state index contributed by atoms with van der Waals surface area (Å²) in [5.74, 6) is 0.537. The van der Waals surface area contributed by atoms with Crippen LogP contribution in [-0.2, 0) is 6.61 Å². The molecule has 0 bridgehead atoms. The van der Waals surface area contributed by atoms with Crippen molar-refractivity contribution in [2.24, 2.45) is 0 Å². The first-order chi connectivity index (χ1) is 14.6. The summed E-state index contributed by atoms with van der Waals surface area (Å²) in [6, 6.07) is 22.2. The first-order valence-electron chi connectivity index (χ1n) is 9.87. The molecule has 0 aromatic heterocycles. The van der Waals surface area contributed by atoms with Crippen LogP contribution in [-0.4, -0.2) is 36.1 Å². The lowest BCUT2D eigenvalue weighted by Crippen LogP contribution is -2.48.